The SMILES string of the molecule is CCNC(=O)Oc1c(C)cc(CO)cc1C. The van der Waals surface area contributed by atoms with Crippen LogP contribution in [0.1, 0.15) is 23.6 Å². The first kappa shape index (κ1) is 12.5. The van der Waals surface area contributed by atoms with Gasteiger partial charge in [0.2, 0.25) is 0 Å². The summed E-state index contributed by atoms with van der Waals surface area (Å²) in [4.78, 5) is 11.3. The van der Waals surface area contributed by atoms with Gasteiger partial charge < -0.3 is 15.2 Å². The fraction of sp³-hybridized carbons (Fsp3) is 0.417. The number of aliphatic hydroxyl groups excluding tert-OH is 1. The molecule has 4 nitrogen and oxygen atoms in total. The van der Waals surface area contributed by atoms with Gasteiger partial charge in [-0.1, -0.05) is 12.1 Å². The molecule has 1 aromatic carbocycles. The highest BCUT2D eigenvalue weighted by atomic mass is 16.6. The van der Waals surface area contributed by atoms with Crippen molar-refractivity contribution in [1.29, 1.82) is 0 Å². The highest BCUT2D eigenvalue weighted by Gasteiger charge is 2.10. The van der Waals surface area contributed by atoms with Crippen LogP contribution in [0.4, 0.5) is 4.79 Å². The van der Waals surface area contributed by atoms with Crippen molar-refractivity contribution in [1.82, 2.24) is 5.32 Å². The first-order chi connectivity index (χ1) is 7.58. The van der Waals surface area contributed by atoms with Gasteiger partial charge in [0.1, 0.15) is 5.75 Å². The van der Waals surface area contributed by atoms with Crippen molar-refractivity contribution in [3.05, 3.63) is 28.8 Å². The molecule has 88 valence electrons. The molecule has 1 amide bonds. The molecule has 0 aliphatic heterocycles. The average molecular weight is 223 g/mol. The van der Waals surface area contributed by atoms with Crippen molar-refractivity contribution in [3.8, 4) is 5.75 Å². The summed E-state index contributed by atoms with van der Waals surface area (Å²) in [5, 5.41) is 11.6. The molecule has 16 heavy (non-hydrogen) atoms. The number of carbonyl (C=O) groups excluding carboxylic acids is 1. The number of nitrogens with one attached hydrogen (secondary N) is 1. The second-order valence-corrected chi connectivity index (χ2v) is 3.64. The Morgan fingerprint density at radius 2 is 1.94 bits per heavy atom. The molecule has 0 unspecified atom stereocenters. The molecule has 0 saturated heterocycles. The van der Waals surface area contributed by atoms with Crippen LogP contribution in [-0.2, 0) is 6.61 Å². The zero-order chi connectivity index (χ0) is 12.1. The van der Waals surface area contributed by atoms with Crippen molar-refractivity contribution in [2.24, 2.45) is 0 Å². The van der Waals surface area contributed by atoms with E-state index in [0.717, 1.165) is 16.7 Å². The molecule has 0 aromatic heterocycles. The van der Waals surface area contributed by atoms with E-state index in [-0.39, 0.29) is 6.61 Å². The maximum Gasteiger partial charge on any atom is 0.412 e. The molecule has 1 rings (SSSR count). The summed E-state index contributed by atoms with van der Waals surface area (Å²) in [6.45, 7) is 6.05. The van der Waals surface area contributed by atoms with Crippen LogP contribution < -0.4 is 10.1 Å². The van der Waals surface area contributed by atoms with E-state index < -0.39 is 6.09 Å². The molecule has 0 saturated carbocycles. The number of hydrogen-bond acceptors (Lipinski definition) is 3. The van der Waals surface area contributed by atoms with Gasteiger partial charge >= 0.3 is 6.09 Å². The van der Waals surface area contributed by atoms with Crippen molar-refractivity contribution < 1.29 is 14.6 Å². The number of hydrogen-bond donors (Lipinski definition) is 2. The van der Waals surface area contributed by atoms with Crippen LogP contribution in [0.5, 0.6) is 5.75 Å². The average Bonchev–Trinajstić information content (AvgIpc) is 2.23. The predicted octanol–water partition coefficient (Wildman–Crippen LogP) is 1.90. The topological polar surface area (TPSA) is 58.6 Å². The first-order valence-corrected chi connectivity index (χ1v) is 5.25. The molecule has 0 fully saturated rings. The fourth-order valence-corrected chi connectivity index (χ4v) is 1.57. The fourth-order valence-electron chi connectivity index (χ4n) is 1.57. The van der Waals surface area contributed by atoms with E-state index in [1.807, 2.05) is 32.9 Å². The summed E-state index contributed by atoms with van der Waals surface area (Å²) in [7, 11) is 0. The Hall–Kier alpha value is -1.55. The van der Waals surface area contributed by atoms with Gasteiger partial charge in [-0.2, -0.15) is 0 Å². The molecule has 1 aromatic rings. The Bertz CT molecular complexity index is 365. The van der Waals surface area contributed by atoms with E-state index in [9.17, 15) is 4.79 Å². The monoisotopic (exact) mass is 223 g/mol. The van der Waals surface area contributed by atoms with Crippen LogP contribution in [0.2, 0.25) is 0 Å². The van der Waals surface area contributed by atoms with Crippen molar-refractivity contribution >= 4 is 6.09 Å². The summed E-state index contributed by atoms with van der Waals surface area (Å²) in [6.07, 6.45) is -0.453. The maximum absolute atomic E-state index is 11.3. The van der Waals surface area contributed by atoms with Gasteiger partial charge in [0.15, 0.2) is 0 Å². The minimum atomic E-state index is -0.453. The zero-order valence-corrected chi connectivity index (χ0v) is 9.83. The molecular formula is C12H17NO3. The van der Waals surface area contributed by atoms with E-state index in [4.69, 9.17) is 9.84 Å². The standard InChI is InChI=1S/C12H17NO3/c1-4-13-12(15)16-11-8(2)5-10(7-14)6-9(11)3/h5-6,14H,4,7H2,1-3H3,(H,13,15). The molecule has 0 radical (unpaired) electrons. The lowest BCUT2D eigenvalue weighted by atomic mass is 10.1. The van der Waals surface area contributed by atoms with Gasteiger partial charge in [-0.15, -0.1) is 0 Å². The van der Waals surface area contributed by atoms with Crippen molar-refractivity contribution in [3.63, 3.8) is 0 Å². The molecular weight excluding hydrogens is 206 g/mol. The van der Waals surface area contributed by atoms with Crippen LogP contribution >= 0.6 is 0 Å². The normalized spacial score (nSPS) is 10.0. The van der Waals surface area contributed by atoms with E-state index >= 15 is 0 Å². The van der Waals surface area contributed by atoms with Crippen LogP contribution in [0.15, 0.2) is 12.1 Å². The predicted molar refractivity (Wildman–Crippen MR) is 61.5 cm³/mol. The molecule has 4 heteroatoms. The van der Waals surface area contributed by atoms with Gasteiger partial charge in [-0.05, 0) is 37.5 Å². The lowest BCUT2D eigenvalue weighted by Crippen LogP contribution is -2.26. The smallest absolute Gasteiger partial charge is 0.410 e. The molecule has 2 N–H and O–H groups in total. The minimum Gasteiger partial charge on any atom is -0.410 e. The van der Waals surface area contributed by atoms with Gasteiger partial charge in [-0.3, -0.25) is 0 Å². The third-order valence-corrected chi connectivity index (χ3v) is 2.22. The van der Waals surface area contributed by atoms with Gasteiger partial charge in [0, 0.05) is 6.54 Å². The van der Waals surface area contributed by atoms with Crippen LogP contribution in [0, 0.1) is 13.8 Å². The number of rotatable bonds is 3. The van der Waals surface area contributed by atoms with E-state index in [0.29, 0.717) is 12.3 Å². The summed E-state index contributed by atoms with van der Waals surface area (Å²) in [6, 6.07) is 3.61. The Kier molecular flexibility index (Phi) is 4.31. The number of aliphatic hydroxyl groups is 1. The summed E-state index contributed by atoms with van der Waals surface area (Å²) in [5.41, 5.74) is 2.50. The minimum absolute atomic E-state index is 0.0108. The third-order valence-electron chi connectivity index (χ3n) is 2.22. The van der Waals surface area contributed by atoms with Gasteiger partial charge in [0.25, 0.3) is 0 Å². The van der Waals surface area contributed by atoms with Crippen molar-refractivity contribution in [2.75, 3.05) is 6.54 Å². The third kappa shape index (κ3) is 2.97. The van der Waals surface area contributed by atoms with E-state index in [1.165, 1.54) is 0 Å². The molecule has 0 aliphatic carbocycles. The number of carbonyl (C=O) groups is 1. The molecule has 0 spiro atoms. The van der Waals surface area contributed by atoms with Gasteiger partial charge in [-0.25, -0.2) is 4.79 Å². The number of ether oxygens (including phenoxy) is 1. The Balaban J connectivity index is 2.92. The molecule has 0 bridgehead atoms. The second-order valence-electron chi connectivity index (χ2n) is 3.64. The first-order valence-electron chi connectivity index (χ1n) is 5.25. The molecule has 0 atom stereocenters. The Labute approximate surface area is 95.2 Å². The van der Waals surface area contributed by atoms with E-state index in [2.05, 4.69) is 5.32 Å². The Morgan fingerprint density at radius 3 is 2.38 bits per heavy atom. The highest BCUT2D eigenvalue weighted by molar-refractivity contribution is 5.71. The van der Waals surface area contributed by atoms with Crippen LogP contribution in [0.3, 0.4) is 0 Å². The lowest BCUT2D eigenvalue weighted by molar-refractivity contribution is 0.200. The Morgan fingerprint density at radius 1 is 1.38 bits per heavy atom. The summed E-state index contributed by atoms with van der Waals surface area (Å²) < 4.78 is 5.18. The second kappa shape index (κ2) is 5.51. The largest absolute Gasteiger partial charge is 0.412 e. The number of amides is 1. The maximum atomic E-state index is 11.3. The quantitative estimate of drug-likeness (QED) is 0.822. The molecule has 0 aliphatic rings. The number of aryl methyl sites for hydroxylation is 2. The molecule has 0 heterocycles. The lowest BCUT2D eigenvalue weighted by Gasteiger charge is -2.12. The van der Waals surface area contributed by atoms with E-state index in [1.54, 1.807) is 0 Å². The zero-order valence-electron chi connectivity index (χ0n) is 9.83. The van der Waals surface area contributed by atoms with Crippen molar-refractivity contribution in [2.45, 2.75) is 27.4 Å². The number of benzene rings is 1. The summed E-state index contributed by atoms with van der Waals surface area (Å²) >= 11 is 0. The summed E-state index contributed by atoms with van der Waals surface area (Å²) in [5.74, 6) is 0.558. The van der Waals surface area contributed by atoms with Crippen LogP contribution in [0.25, 0.3) is 0 Å². The highest BCUT2D eigenvalue weighted by Crippen LogP contribution is 2.24. The van der Waals surface area contributed by atoms with Gasteiger partial charge in [0.05, 0.1) is 6.61 Å². The van der Waals surface area contributed by atoms with Crippen LogP contribution in [-0.4, -0.2) is 17.7 Å².